The van der Waals surface area contributed by atoms with Crippen LogP contribution in [0.1, 0.15) is 5.56 Å². The van der Waals surface area contributed by atoms with E-state index in [2.05, 4.69) is 83.8 Å². The Morgan fingerprint density at radius 2 is 1.21 bits per heavy atom. The molecule has 6 aromatic rings. The molecular weight excluding hydrogens is 420 g/mol. The number of pyridine rings is 1. The highest BCUT2D eigenvalue weighted by molar-refractivity contribution is 7.25. The Morgan fingerprint density at radius 3 is 1.94 bits per heavy atom. The normalized spacial score (nSPS) is 11.0. The molecule has 0 saturated heterocycles. The second-order valence-electron chi connectivity index (χ2n) is 8.01. The first-order valence-electron chi connectivity index (χ1n) is 10.8. The third-order valence-corrected chi connectivity index (χ3v) is 7.08. The molecule has 0 amide bonds. The fourth-order valence-electron chi connectivity index (χ4n) is 4.28. The van der Waals surface area contributed by atoms with Crippen LogP contribution in [0.3, 0.4) is 0 Å². The van der Waals surface area contributed by atoms with Gasteiger partial charge in [-0.1, -0.05) is 72.8 Å². The highest BCUT2D eigenvalue weighted by atomic mass is 32.1. The maximum Gasteiger partial charge on any atom is 0.0992 e. The molecule has 0 saturated carbocycles. The van der Waals surface area contributed by atoms with Gasteiger partial charge in [-0.3, -0.25) is 4.98 Å². The van der Waals surface area contributed by atoms with Gasteiger partial charge in [0.15, 0.2) is 0 Å². The van der Waals surface area contributed by atoms with Gasteiger partial charge in [-0.25, -0.2) is 0 Å². The fourth-order valence-corrected chi connectivity index (χ4v) is 5.47. The summed E-state index contributed by atoms with van der Waals surface area (Å²) in [6.45, 7) is 0. The lowest BCUT2D eigenvalue weighted by atomic mass is 9.99. The lowest BCUT2D eigenvalue weighted by Gasteiger charge is -2.06. The smallest absolute Gasteiger partial charge is 0.0992 e. The summed E-state index contributed by atoms with van der Waals surface area (Å²) in [7, 11) is 0. The summed E-state index contributed by atoms with van der Waals surface area (Å²) in [6.07, 6.45) is 1.69. The van der Waals surface area contributed by atoms with Gasteiger partial charge in [0.1, 0.15) is 0 Å². The van der Waals surface area contributed by atoms with E-state index >= 15 is 0 Å². The Labute approximate surface area is 196 Å². The minimum atomic E-state index is 0.618. The van der Waals surface area contributed by atoms with Crippen molar-refractivity contribution in [2.24, 2.45) is 0 Å². The van der Waals surface area contributed by atoms with Crippen molar-refractivity contribution in [1.29, 1.82) is 5.26 Å². The zero-order valence-corrected chi connectivity index (χ0v) is 18.5. The highest BCUT2D eigenvalue weighted by Gasteiger charge is 2.09. The van der Waals surface area contributed by atoms with Gasteiger partial charge in [0, 0.05) is 31.9 Å². The molecular formula is C30H18N2S. The van der Waals surface area contributed by atoms with Crippen LogP contribution in [-0.2, 0) is 0 Å². The van der Waals surface area contributed by atoms with Crippen LogP contribution < -0.4 is 0 Å². The molecule has 2 heterocycles. The van der Waals surface area contributed by atoms with Crippen LogP contribution in [0.25, 0.3) is 53.7 Å². The monoisotopic (exact) mass is 438 g/mol. The minimum absolute atomic E-state index is 0.618. The number of hydrogen-bond donors (Lipinski definition) is 0. The summed E-state index contributed by atoms with van der Waals surface area (Å²) in [5.74, 6) is 0. The van der Waals surface area contributed by atoms with Crippen molar-refractivity contribution in [2.75, 3.05) is 0 Å². The molecule has 0 N–H and O–H groups in total. The second kappa shape index (κ2) is 8.02. The Kier molecular flexibility index (Phi) is 4.72. The van der Waals surface area contributed by atoms with Crippen molar-refractivity contribution in [2.45, 2.75) is 0 Å². The number of nitriles is 1. The summed E-state index contributed by atoms with van der Waals surface area (Å²) in [5.41, 5.74) is 7.24. The fraction of sp³-hybridized carbons (Fsp3) is 0. The predicted molar refractivity (Wildman–Crippen MR) is 138 cm³/mol. The van der Waals surface area contributed by atoms with Gasteiger partial charge in [0.25, 0.3) is 0 Å². The Morgan fingerprint density at radius 1 is 0.576 bits per heavy atom. The average molecular weight is 439 g/mol. The van der Waals surface area contributed by atoms with E-state index in [-0.39, 0.29) is 0 Å². The minimum Gasteiger partial charge on any atom is -0.256 e. The van der Waals surface area contributed by atoms with Gasteiger partial charge in [-0.15, -0.1) is 11.3 Å². The molecule has 2 aromatic heterocycles. The molecule has 4 aromatic carbocycles. The summed E-state index contributed by atoms with van der Waals surface area (Å²) in [5, 5.41) is 11.8. The van der Waals surface area contributed by atoms with E-state index in [1.54, 1.807) is 12.3 Å². The predicted octanol–water partition coefficient (Wildman–Crippen LogP) is 8.32. The molecule has 0 bridgehead atoms. The van der Waals surface area contributed by atoms with Gasteiger partial charge >= 0.3 is 0 Å². The van der Waals surface area contributed by atoms with Crippen molar-refractivity contribution < 1.29 is 0 Å². The number of nitrogens with zero attached hydrogens (tertiary/aromatic N) is 2. The molecule has 2 nitrogen and oxygen atoms in total. The molecule has 0 atom stereocenters. The van der Waals surface area contributed by atoms with E-state index in [1.807, 2.05) is 35.6 Å². The largest absolute Gasteiger partial charge is 0.256 e. The first-order chi connectivity index (χ1) is 16.3. The third kappa shape index (κ3) is 3.57. The highest BCUT2D eigenvalue weighted by Crippen LogP contribution is 2.38. The van der Waals surface area contributed by atoms with E-state index in [9.17, 15) is 5.26 Å². The molecule has 0 aliphatic heterocycles. The van der Waals surface area contributed by atoms with Crippen molar-refractivity contribution in [3.05, 3.63) is 115 Å². The molecule has 3 heteroatoms. The van der Waals surface area contributed by atoms with Gasteiger partial charge in [-0.05, 0) is 52.6 Å². The zero-order chi connectivity index (χ0) is 22.2. The van der Waals surface area contributed by atoms with Crippen molar-refractivity contribution in [3.63, 3.8) is 0 Å². The maximum absolute atomic E-state index is 9.21. The molecule has 0 fully saturated rings. The Balaban J connectivity index is 1.42. The van der Waals surface area contributed by atoms with Crippen LogP contribution in [0.5, 0.6) is 0 Å². The molecule has 0 aliphatic rings. The Bertz CT molecular complexity index is 1670. The van der Waals surface area contributed by atoms with Crippen LogP contribution in [0.15, 0.2) is 109 Å². The summed E-state index contributed by atoms with van der Waals surface area (Å²) in [4.78, 5) is 4.46. The first kappa shape index (κ1) is 19.4. The van der Waals surface area contributed by atoms with Crippen molar-refractivity contribution >= 4 is 31.5 Å². The molecule has 6 rings (SSSR count). The summed E-state index contributed by atoms with van der Waals surface area (Å²) in [6, 6.07) is 38.1. The number of hydrogen-bond acceptors (Lipinski definition) is 3. The van der Waals surface area contributed by atoms with Crippen LogP contribution in [0, 0.1) is 11.3 Å². The standard InChI is InChI=1S/C30H18N2S/c31-19-20-13-14-32-28(15-20)25-8-4-7-22(16-25)24-10-12-27-26-11-9-23(21-5-2-1-3-6-21)17-29(26)33-30(27)18-24/h1-18H. The average Bonchev–Trinajstić information content (AvgIpc) is 3.26. The molecule has 0 radical (unpaired) electrons. The lowest BCUT2D eigenvalue weighted by Crippen LogP contribution is -1.86. The number of aromatic nitrogens is 1. The van der Waals surface area contributed by atoms with Gasteiger partial charge in [0.05, 0.1) is 17.3 Å². The van der Waals surface area contributed by atoms with Crippen LogP contribution >= 0.6 is 11.3 Å². The van der Waals surface area contributed by atoms with Crippen LogP contribution in [-0.4, -0.2) is 4.98 Å². The molecule has 0 aliphatic carbocycles. The van der Waals surface area contributed by atoms with E-state index in [1.165, 1.54) is 36.9 Å². The van der Waals surface area contributed by atoms with E-state index in [4.69, 9.17) is 0 Å². The molecule has 33 heavy (non-hydrogen) atoms. The van der Waals surface area contributed by atoms with Gasteiger partial charge < -0.3 is 0 Å². The number of benzene rings is 4. The van der Waals surface area contributed by atoms with Crippen molar-refractivity contribution in [3.8, 4) is 39.6 Å². The zero-order valence-electron chi connectivity index (χ0n) is 17.7. The molecule has 0 unspecified atom stereocenters. The van der Waals surface area contributed by atoms with Crippen LogP contribution in [0.4, 0.5) is 0 Å². The van der Waals surface area contributed by atoms with Crippen LogP contribution in [0.2, 0.25) is 0 Å². The van der Waals surface area contributed by atoms with Gasteiger partial charge in [0.2, 0.25) is 0 Å². The van der Waals surface area contributed by atoms with E-state index in [0.29, 0.717) is 5.56 Å². The second-order valence-corrected chi connectivity index (χ2v) is 9.10. The number of thiophene rings is 1. The summed E-state index contributed by atoms with van der Waals surface area (Å²) < 4.78 is 2.58. The third-order valence-electron chi connectivity index (χ3n) is 5.96. The SMILES string of the molecule is N#Cc1ccnc(-c2cccc(-c3ccc4c(c3)sc3cc(-c5ccccc5)ccc34)c2)c1. The summed E-state index contributed by atoms with van der Waals surface area (Å²) >= 11 is 1.84. The van der Waals surface area contributed by atoms with Gasteiger partial charge in [-0.2, -0.15) is 5.26 Å². The Hall–Kier alpha value is -4.26. The topological polar surface area (TPSA) is 36.7 Å². The quantitative estimate of drug-likeness (QED) is 0.278. The maximum atomic E-state index is 9.21. The van der Waals surface area contributed by atoms with Crippen molar-refractivity contribution in [1.82, 2.24) is 4.98 Å². The van der Waals surface area contributed by atoms with E-state index in [0.717, 1.165) is 16.8 Å². The first-order valence-corrected chi connectivity index (χ1v) is 11.6. The molecule has 0 spiro atoms. The number of fused-ring (bicyclic) bond motifs is 3. The lowest BCUT2D eigenvalue weighted by molar-refractivity contribution is 1.31. The van der Waals surface area contributed by atoms with E-state index < -0.39 is 0 Å². The number of rotatable bonds is 3. The molecule has 154 valence electrons.